The molecule has 1 aromatic rings. The molecule has 0 aliphatic carbocycles. The molecular weight excluding hydrogens is 223 g/mol. The summed E-state index contributed by atoms with van der Waals surface area (Å²) >= 11 is 5.59. The third kappa shape index (κ3) is 2.76. The van der Waals surface area contributed by atoms with Crippen LogP contribution in [0.2, 0.25) is 5.02 Å². The zero-order chi connectivity index (χ0) is 11.4. The number of carbonyl (C=O) groups excluding carboxylic acids is 2. The first-order chi connectivity index (χ1) is 7.06. The molecule has 0 bridgehead atoms. The highest BCUT2D eigenvalue weighted by Gasteiger charge is 2.27. The molecule has 0 radical (unpaired) electrons. The minimum absolute atomic E-state index is 0.0808. The predicted molar refractivity (Wildman–Crippen MR) is 52.7 cm³/mol. The van der Waals surface area contributed by atoms with Gasteiger partial charge in [-0.05, 0) is 24.3 Å². The SMILES string of the molecule is COC(=O)C(F)C(=O)c1ccc(Cl)cc1. The predicted octanol–water partition coefficient (Wildman–Crippen LogP) is 2.03. The summed E-state index contributed by atoms with van der Waals surface area (Å²) in [4.78, 5) is 22.1. The molecule has 1 aromatic carbocycles. The van der Waals surface area contributed by atoms with Crippen molar-refractivity contribution in [2.75, 3.05) is 7.11 Å². The second-order valence-corrected chi connectivity index (χ2v) is 3.19. The van der Waals surface area contributed by atoms with Crippen molar-refractivity contribution in [2.24, 2.45) is 0 Å². The monoisotopic (exact) mass is 230 g/mol. The highest BCUT2D eigenvalue weighted by atomic mass is 35.5. The standard InChI is InChI=1S/C10H8ClFO3/c1-15-10(14)8(12)9(13)6-2-4-7(11)5-3-6/h2-5,8H,1H3. The molecule has 0 aliphatic rings. The first-order valence-corrected chi connectivity index (χ1v) is 4.45. The van der Waals surface area contributed by atoms with E-state index in [1.54, 1.807) is 0 Å². The third-order valence-corrected chi connectivity index (χ3v) is 2.02. The van der Waals surface area contributed by atoms with Gasteiger partial charge in [-0.1, -0.05) is 11.6 Å². The Bertz CT molecular complexity index is 375. The van der Waals surface area contributed by atoms with Crippen LogP contribution in [0.25, 0.3) is 0 Å². The number of rotatable bonds is 3. The Morgan fingerprint density at radius 1 is 1.33 bits per heavy atom. The van der Waals surface area contributed by atoms with Gasteiger partial charge in [0.1, 0.15) is 0 Å². The van der Waals surface area contributed by atoms with E-state index < -0.39 is 17.9 Å². The van der Waals surface area contributed by atoms with Crippen LogP contribution in [0.15, 0.2) is 24.3 Å². The van der Waals surface area contributed by atoms with Crippen molar-refractivity contribution in [3.05, 3.63) is 34.9 Å². The van der Waals surface area contributed by atoms with E-state index in [1.165, 1.54) is 24.3 Å². The summed E-state index contributed by atoms with van der Waals surface area (Å²) in [5, 5.41) is 0.431. The summed E-state index contributed by atoms with van der Waals surface area (Å²) in [5.74, 6) is -2.13. The fourth-order valence-corrected chi connectivity index (χ4v) is 1.10. The summed E-state index contributed by atoms with van der Waals surface area (Å²) in [6.07, 6.45) is -2.28. The molecule has 15 heavy (non-hydrogen) atoms. The number of Topliss-reactive ketones (excluding diaryl/α,β-unsaturated/α-hetero) is 1. The first-order valence-electron chi connectivity index (χ1n) is 4.08. The molecule has 0 aliphatic heterocycles. The number of hydrogen-bond donors (Lipinski definition) is 0. The van der Waals surface area contributed by atoms with E-state index >= 15 is 0 Å². The second kappa shape index (κ2) is 4.89. The van der Waals surface area contributed by atoms with E-state index in [-0.39, 0.29) is 5.56 Å². The Hall–Kier alpha value is -1.42. The van der Waals surface area contributed by atoms with E-state index in [9.17, 15) is 14.0 Å². The van der Waals surface area contributed by atoms with Gasteiger partial charge in [-0.3, -0.25) is 4.79 Å². The number of ketones is 1. The van der Waals surface area contributed by atoms with Gasteiger partial charge in [0.05, 0.1) is 7.11 Å². The van der Waals surface area contributed by atoms with Crippen molar-refractivity contribution < 1.29 is 18.7 Å². The van der Waals surface area contributed by atoms with Crippen LogP contribution in [-0.2, 0) is 9.53 Å². The largest absolute Gasteiger partial charge is 0.467 e. The van der Waals surface area contributed by atoms with Crippen LogP contribution in [-0.4, -0.2) is 25.0 Å². The molecular formula is C10H8ClFO3. The smallest absolute Gasteiger partial charge is 0.348 e. The highest BCUT2D eigenvalue weighted by molar-refractivity contribution is 6.30. The average molecular weight is 231 g/mol. The number of halogens is 2. The minimum atomic E-state index is -2.28. The second-order valence-electron chi connectivity index (χ2n) is 2.76. The van der Waals surface area contributed by atoms with Crippen molar-refractivity contribution >= 4 is 23.4 Å². The fourth-order valence-electron chi connectivity index (χ4n) is 0.971. The Morgan fingerprint density at radius 2 is 1.87 bits per heavy atom. The maximum atomic E-state index is 13.1. The molecule has 1 rings (SSSR count). The lowest BCUT2D eigenvalue weighted by Crippen LogP contribution is -2.26. The van der Waals surface area contributed by atoms with Crippen LogP contribution in [0.4, 0.5) is 4.39 Å². The van der Waals surface area contributed by atoms with Gasteiger partial charge in [-0.15, -0.1) is 0 Å². The lowest BCUT2D eigenvalue weighted by atomic mass is 10.1. The zero-order valence-electron chi connectivity index (χ0n) is 7.87. The molecule has 0 heterocycles. The van der Waals surface area contributed by atoms with Crippen molar-refractivity contribution in [1.29, 1.82) is 0 Å². The van der Waals surface area contributed by atoms with Crippen LogP contribution in [0.3, 0.4) is 0 Å². The normalized spacial score (nSPS) is 11.9. The molecule has 1 unspecified atom stereocenters. The van der Waals surface area contributed by atoms with Crippen molar-refractivity contribution in [2.45, 2.75) is 6.17 Å². The fraction of sp³-hybridized carbons (Fsp3) is 0.200. The van der Waals surface area contributed by atoms with E-state index in [0.717, 1.165) is 7.11 Å². The highest BCUT2D eigenvalue weighted by Crippen LogP contribution is 2.12. The van der Waals surface area contributed by atoms with E-state index in [2.05, 4.69) is 4.74 Å². The Kier molecular flexibility index (Phi) is 3.80. The Balaban J connectivity index is 2.85. The van der Waals surface area contributed by atoms with Gasteiger partial charge in [0.25, 0.3) is 6.17 Å². The van der Waals surface area contributed by atoms with E-state index in [4.69, 9.17) is 11.6 Å². The molecule has 0 N–H and O–H groups in total. The molecule has 0 saturated carbocycles. The summed E-state index contributed by atoms with van der Waals surface area (Å²) in [6, 6.07) is 5.58. The van der Waals surface area contributed by atoms with Gasteiger partial charge in [0.2, 0.25) is 5.78 Å². The van der Waals surface area contributed by atoms with E-state index in [0.29, 0.717) is 5.02 Å². The minimum Gasteiger partial charge on any atom is -0.467 e. The molecule has 80 valence electrons. The van der Waals surface area contributed by atoms with Gasteiger partial charge in [-0.2, -0.15) is 0 Å². The summed E-state index contributed by atoms with van der Waals surface area (Å²) in [6.45, 7) is 0. The topological polar surface area (TPSA) is 43.4 Å². The molecule has 1 atom stereocenters. The van der Waals surface area contributed by atoms with Crippen molar-refractivity contribution in [3.63, 3.8) is 0 Å². The number of benzene rings is 1. The number of alkyl halides is 1. The van der Waals surface area contributed by atoms with Crippen LogP contribution >= 0.6 is 11.6 Å². The number of carbonyl (C=O) groups is 2. The van der Waals surface area contributed by atoms with Crippen LogP contribution < -0.4 is 0 Å². The van der Waals surface area contributed by atoms with E-state index in [1.807, 2.05) is 0 Å². The van der Waals surface area contributed by atoms with Gasteiger partial charge in [0.15, 0.2) is 0 Å². The number of ether oxygens (including phenoxy) is 1. The number of esters is 1. The lowest BCUT2D eigenvalue weighted by molar-refractivity contribution is -0.144. The van der Waals surface area contributed by atoms with Crippen molar-refractivity contribution in [1.82, 2.24) is 0 Å². The molecule has 5 heteroatoms. The van der Waals surface area contributed by atoms with Gasteiger partial charge in [0, 0.05) is 10.6 Å². The lowest BCUT2D eigenvalue weighted by Gasteiger charge is -2.04. The average Bonchev–Trinajstić information content (AvgIpc) is 2.27. The van der Waals surface area contributed by atoms with Crippen molar-refractivity contribution in [3.8, 4) is 0 Å². The van der Waals surface area contributed by atoms with Crippen LogP contribution in [0.5, 0.6) is 0 Å². The molecule has 0 amide bonds. The van der Waals surface area contributed by atoms with Crippen LogP contribution in [0, 0.1) is 0 Å². The molecule has 0 aromatic heterocycles. The number of hydrogen-bond acceptors (Lipinski definition) is 3. The summed E-state index contributed by atoms with van der Waals surface area (Å²) in [5.41, 5.74) is 0.0808. The molecule has 0 spiro atoms. The zero-order valence-corrected chi connectivity index (χ0v) is 8.62. The third-order valence-electron chi connectivity index (χ3n) is 1.77. The van der Waals surface area contributed by atoms with Gasteiger partial charge in [-0.25, -0.2) is 9.18 Å². The molecule has 3 nitrogen and oxygen atoms in total. The molecule has 0 fully saturated rings. The number of methoxy groups -OCH3 is 1. The maximum Gasteiger partial charge on any atom is 0.348 e. The summed E-state index contributed by atoms with van der Waals surface area (Å²) in [7, 11) is 1.02. The van der Waals surface area contributed by atoms with Gasteiger partial charge < -0.3 is 4.74 Å². The molecule has 0 saturated heterocycles. The maximum absolute atomic E-state index is 13.1. The van der Waals surface area contributed by atoms with Crippen LogP contribution in [0.1, 0.15) is 10.4 Å². The first kappa shape index (κ1) is 11.7. The quantitative estimate of drug-likeness (QED) is 0.453. The Labute approximate surface area is 90.8 Å². The van der Waals surface area contributed by atoms with Gasteiger partial charge >= 0.3 is 5.97 Å². The Morgan fingerprint density at radius 3 is 2.33 bits per heavy atom. The summed E-state index contributed by atoms with van der Waals surface area (Å²) < 4.78 is 17.2.